The van der Waals surface area contributed by atoms with Gasteiger partial charge in [0.05, 0.1) is 4.90 Å². The lowest BCUT2D eigenvalue weighted by molar-refractivity contribution is -0.126. The zero-order valence-electron chi connectivity index (χ0n) is 19.1. The Morgan fingerprint density at radius 3 is 2.19 bits per heavy atom. The summed E-state index contributed by atoms with van der Waals surface area (Å²) in [4.78, 5) is 15.3. The summed E-state index contributed by atoms with van der Waals surface area (Å²) in [6.07, 6.45) is 2.23. The minimum Gasteiger partial charge on any atom is -0.354 e. The molecule has 1 aromatic rings. The number of likely N-dealkylation sites (tertiary alicyclic amines) is 1. The smallest absolute Gasteiger partial charge is 0.243 e. The second-order valence-corrected chi connectivity index (χ2v) is 12.0. The monoisotopic (exact) mass is 453 g/mol. The van der Waals surface area contributed by atoms with E-state index in [0.717, 1.165) is 25.2 Å². The maximum Gasteiger partial charge on any atom is 0.243 e. The SMILES string of the molecule is CC1CC(C)CN(C(C)(C)CNC(=O)C2CCN(S(=O)(=O)c3ccc(F)cc3)CC2)C1. The molecule has 0 saturated carbocycles. The van der Waals surface area contributed by atoms with Crippen LogP contribution < -0.4 is 5.32 Å². The van der Waals surface area contributed by atoms with Gasteiger partial charge in [0.1, 0.15) is 5.82 Å². The first kappa shape index (κ1) is 24.1. The van der Waals surface area contributed by atoms with E-state index in [4.69, 9.17) is 0 Å². The second-order valence-electron chi connectivity index (χ2n) is 10.0. The Morgan fingerprint density at radius 2 is 1.65 bits per heavy atom. The van der Waals surface area contributed by atoms with E-state index in [-0.39, 0.29) is 22.3 Å². The summed E-state index contributed by atoms with van der Waals surface area (Å²) in [5.74, 6) is 0.669. The molecule has 3 rings (SSSR count). The summed E-state index contributed by atoms with van der Waals surface area (Å²) in [7, 11) is -3.66. The molecule has 1 N–H and O–H groups in total. The van der Waals surface area contributed by atoms with Crippen LogP contribution in [0, 0.1) is 23.6 Å². The fourth-order valence-corrected chi connectivity index (χ4v) is 6.30. The Kier molecular flexibility index (Phi) is 7.43. The lowest BCUT2D eigenvalue weighted by atomic mass is 9.88. The predicted octanol–water partition coefficient (Wildman–Crippen LogP) is 3.10. The van der Waals surface area contributed by atoms with Crippen molar-refractivity contribution in [1.82, 2.24) is 14.5 Å². The Labute approximate surface area is 186 Å². The summed E-state index contributed by atoms with van der Waals surface area (Å²) in [6.45, 7) is 12.2. The predicted molar refractivity (Wildman–Crippen MR) is 119 cm³/mol. The Balaban J connectivity index is 1.51. The number of hydrogen-bond donors (Lipinski definition) is 1. The van der Waals surface area contributed by atoms with Crippen molar-refractivity contribution in [2.24, 2.45) is 17.8 Å². The van der Waals surface area contributed by atoms with E-state index in [1.807, 2.05) is 0 Å². The highest BCUT2D eigenvalue weighted by Gasteiger charge is 2.35. The van der Waals surface area contributed by atoms with E-state index in [1.165, 1.54) is 22.9 Å². The van der Waals surface area contributed by atoms with Gasteiger partial charge in [-0.1, -0.05) is 13.8 Å². The molecule has 2 heterocycles. The molecule has 8 heteroatoms. The number of piperidine rings is 2. The third kappa shape index (κ3) is 5.84. The van der Waals surface area contributed by atoms with Crippen molar-refractivity contribution >= 4 is 15.9 Å². The summed E-state index contributed by atoms with van der Waals surface area (Å²) < 4.78 is 40.0. The van der Waals surface area contributed by atoms with Gasteiger partial charge in [-0.15, -0.1) is 0 Å². The molecule has 0 spiro atoms. The van der Waals surface area contributed by atoms with Crippen LogP contribution in [0.3, 0.4) is 0 Å². The van der Waals surface area contributed by atoms with Gasteiger partial charge in [0.2, 0.25) is 15.9 Å². The molecule has 6 nitrogen and oxygen atoms in total. The van der Waals surface area contributed by atoms with Gasteiger partial charge in [-0.2, -0.15) is 4.31 Å². The summed E-state index contributed by atoms with van der Waals surface area (Å²) >= 11 is 0. The first-order valence-corrected chi connectivity index (χ1v) is 12.7. The maximum atomic E-state index is 13.1. The van der Waals surface area contributed by atoms with E-state index in [1.54, 1.807) is 0 Å². The molecule has 1 amide bonds. The van der Waals surface area contributed by atoms with E-state index in [0.29, 0.717) is 44.3 Å². The van der Waals surface area contributed by atoms with Crippen molar-refractivity contribution in [3.8, 4) is 0 Å². The normalized spacial score (nSPS) is 24.8. The van der Waals surface area contributed by atoms with Gasteiger partial charge in [-0.3, -0.25) is 9.69 Å². The first-order chi connectivity index (χ1) is 14.5. The van der Waals surface area contributed by atoms with Crippen LogP contribution in [0.4, 0.5) is 4.39 Å². The highest BCUT2D eigenvalue weighted by molar-refractivity contribution is 7.89. The van der Waals surface area contributed by atoms with Gasteiger partial charge in [-0.25, -0.2) is 12.8 Å². The Hall–Kier alpha value is -1.51. The molecule has 1 aromatic carbocycles. The number of rotatable bonds is 6. The zero-order chi connectivity index (χ0) is 22.8. The topological polar surface area (TPSA) is 69.7 Å². The van der Waals surface area contributed by atoms with Crippen LogP contribution in [0.25, 0.3) is 0 Å². The van der Waals surface area contributed by atoms with Crippen LogP contribution in [0.15, 0.2) is 29.2 Å². The molecule has 0 aromatic heterocycles. The summed E-state index contributed by atoms with van der Waals surface area (Å²) in [5, 5.41) is 3.12. The van der Waals surface area contributed by atoms with E-state index in [2.05, 4.69) is 37.9 Å². The number of nitrogens with one attached hydrogen (secondary N) is 1. The molecular formula is C23H36FN3O3S. The quantitative estimate of drug-likeness (QED) is 0.719. The molecule has 2 saturated heterocycles. The molecule has 31 heavy (non-hydrogen) atoms. The minimum absolute atomic E-state index is 0.00464. The fraction of sp³-hybridized carbons (Fsp3) is 0.696. The van der Waals surface area contributed by atoms with Gasteiger partial charge in [-0.05, 0) is 69.2 Å². The number of nitrogens with zero attached hydrogens (tertiary/aromatic N) is 2. The van der Waals surface area contributed by atoms with Crippen LogP contribution in [0.5, 0.6) is 0 Å². The van der Waals surface area contributed by atoms with E-state index in [9.17, 15) is 17.6 Å². The molecule has 2 fully saturated rings. The van der Waals surface area contributed by atoms with Crippen LogP contribution in [0.1, 0.15) is 47.0 Å². The molecule has 0 bridgehead atoms. The van der Waals surface area contributed by atoms with Crippen LogP contribution >= 0.6 is 0 Å². The number of hydrogen-bond acceptors (Lipinski definition) is 4. The second kappa shape index (κ2) is 9.55. The molecule has 0 radical (unpaired) electrons. The van der Waals surface area contributed by atoms with Gasteiger partial charge < -0.3 is 5.32 Å². The molecule has 2 aliphatic heterocycles. The first-order valence-electron chi connectivity index (χ1n) is 11.3. The highest BCUT2D eigenvalue weighted by Crippen LogP contribution is 2.28. The van der Waals surface area contributed by atoms with Crippen molar-refractivity contribution < 1.29 is 17.6 Å². The van der Waals surface area contributed by atoms with Crippen LogP contribution in [0.2, 0.25) is 0 Å². The van der Waals surface area contributed by atoms with Crippen LogP contribution in [-0.4, -0.2) is 61.8 Å². The fourth-order valence-electron chi connectivity index (χ4n) is 4.83. The number of benzene rings is 1. The number of carbonyl (C=O) groups is 1. The van der Waals surface area contributed by atoms with Gasteiger partial charge in [0.25, 0.3) is 0 Å². The average Bonchev–Trinajstić information content (AvgIpc) is 2.72. The van der Waals surface area contributed by atoms with Crippen molar-refractivity contribution in [2.45, 2.75) is 57.4 Å². The van der Waals surface area contributed by atoms with E-state index < -0.39 is 15.8 Å². The number of carbonyl (C=O) groups excluding carboxylic acids is 1. The summed E-state index contributed by atoms with van der Waals surface area (Å²) in [5.41, 5.74) is -0.120. The van der Waals surface area contributed by atoms with Crippen molar-refractivity contribution in [3.63, 3.8) is 0 Å². The van der Waals surface area contributed by atoms with Gasteiger partial charge >= 0.3 is 0 Å². The zero-order valence-corrected chi connectivity index (χ0v) is 19.9. The Bertz CT molecular complexity index is 855. The minimum atomic E-state index is -3.66. The standard InChI is InChI=1S/C23H36FN3O3S/c1-17-13-18(2)15-26(14-17)23(3,4)16-25-22(28)19-9-11-27(12-10-19)31(29,30)21-7-5-20(24)6-8-21/h5-8,17-19H,9-16H2,1-4H3,(H,25,28). The van der Waals surface area contributed by atoms with Crippen molar-refractivity contribution in [1.29, 1.82) is 0 Å². The van der Waals surface area contributed by atoms with Crippen molar-refractivity contribution in [3.05, 3.63) is 30.1 Å². The lowest BCUT2D eigenvalue weighted by Crippen LogP contribution is -2.56. The lowest BCUT2D eigenvalue weighted by Gasteiger charge is -2.45. The van der Waals surface area contributed by atoms with Crippen molar-refractivity contribution in [2.75, 3.05) is 32.7 Å². The molecule has 174 valence electrons. The van der Waals surface area contributed by atoms with Gasteiger partial charge in [0, 0.05) is 44.2 Å². The van der Waals surface area contributed by atoms with Crippen LogP contribution in [-0.2, 0) is 14.8 Å². The van der Waals surface area contributed by atoms with Gasteiger partial charge in [0.15, 0.2) is 0 Å². The molecule has 2 unspecified atom stereocenters. The molecular weight excluding hydrogens is 417 g/mol. The average molecular weight is 454 g/mol. The number of sulfonamides is 1. The number of halogens is 1. The maximum absolute atomic E-state index is 13.1. The largest absolute Gasteiger partial charge is 0.354 e. The highest BCUT2D eigenvalue weighted by atomic mass is 32.2. The molecule has 2 atom stereocenters. The third-order valence-corrected chi connectivity index (χ3v) is 8.61. The molecule has 2 aliphatic rings. The third-order valence-electron chi connectivity index (χ3n) is 6.70. The number of amides is 1. The van der Waals surface area contributed by atoms with E-state index >= 15 is 0 Å². The Morgan fingerprint density at radius 1 is 1.10 bits per heavy atom. The molecule has 0 aliphatic carbocycles. The summed E-state index contributed by atoms with van der Waals surface area (Å²) in [6, 6.07) is 4.87.